The average Bonchev–Trinajstić information content (AvgIpc) is 3.27. The summed E-state index contributed by atoms with van der Waals surface area (Å²) < 4.78 is 7.74. The number of carbonyl (C=O) groups is 1. The Balaban J connectivity index is 1.65. The van der Waals surface area contributed by atoms with Crippen LogP contribution in [0.25, 0.3) is 11.0 Å². The van der Waals surface area contributed by atoms with Crippen LogP contribution in [0.5, 0.6) is 0 Å². The van der Waals surface area contributed by atoms with Gasteiger partial charge in [-0.2, -0.15) is 4.57 Å². The molecule has 2 aliphatic heterocycles. The number of rotatable bonds is 2. The molecule has 1 aromatic heterocycles. The number of likely N-dealkylation sites (tertiary alicyclic amines) is 1. The summed E-state index contributed by atoms with van der Waals surface area (Å²) in [4.78, 5) is 27.5. The first kappa shape index (κ1) is 16.4. The van der Waals surface area contributed by atoms with Gasteiger partial charge < -0.3 is 10.1 Å². The lowest BCUT2D eigenvalue weighted by Gasteiger charge is -2.36. The van der Waals surface area contributed by atoms with Crippen molar-refractivity contribution in [2.75, 3.05) is 33.3 Å². The summed E-state index contributed by atoms with van der Waals surface area (Å²) in [5.74, 6) is 0. The van der Waals surface area contributed by atoms with E-state index in [1.165, 1.54) is 13.5 Å². The van der Waals surface area contributed by atoms with Crippen molar-refractivity contribution in [1.29, 1.82) is 0 Å². The smallest absolute Gasteiger partial charge is 0.422 e. The molecule has 0 radical (unpaired) electrons. The Morgan fingerprint density at radius 2 is 1.84 bits per heavy atom. The summed E-state index contributed by atoms with van der Waals surface area (Å²) in [5.41, 5.74) is 1.12. The number of aromatic nitrogens is 2. The van der Waals surface area contributed by atoms with Gasteiger partial charge in [0.05, 0.1) is 18.1 Å². The van der Waals surface area contributed by atoms with Crippen LogP contribution in [0.1, 0.15) is 25.3 Å². The molecular formula is C18H24N4O3. The van der Waals surface area contributed by atoms with Crippen molar-refractivity contribution >= 4 is 17.1 Å². The van der Waals surface area contributed by atoms with Gasteiger partial charge in [0.1, 0.15) is 0 Å². The summed E-state index contributed by atoms with van der Waals surface area (Å²) in [6.45, 7) is 4.13. The maximum atomic E-state index is 12.9. The molecule has 25 heavy (non-hydrogen) atoms. The Bertz CT molecular complexity index is 826. The highest BCUT2D eigenvalue weighted by Gasteiger charge is 2.30. The molecule has 0 bridgehead atoms. The third-order valence-corrected chi connectivity index (χ3v) is 5.55. The van der Waals surface area contributed by atoms with Gasteiger partial charge in [0.2, 0.25) is 0 Å². The number of imidazole rings is 1. The van der Waals surface area contributed by atoms with Crippen molar-refractivity contribution in [2.45, 2.75) is 31.3 Å². The number of nitrogens with zero attached hydrogens (tertiary/aromatic N) is 3. The summed E-state index contributed by atoms with van der Waals surface area (Å²) in [7, 11) is 1.30. The van der Waals surface area contributed by atoms with Gasteiger partial charge in [0.15, 0.2) is 0 Å². The lowest BCUT2D eigenvalue weighted by atomic mass is 10.0. The quantitative estimate of drug-likeness (QED) is 0.892. The van der Waals surface area contributed by atoms with Crippen LogP contribution in [-0.4, -0.2) is 59.5 Å². The molecule has 2 aromatic rings. The van der Waals surface area contributed by atoms with E-state index in [1.807, 2.05) is 18.2 Å². The molecule has 1 N–H and O–H groups in total. The second-order valence-corrected chi connectivity index (χ2v) is 6.86. The van der Waals surface area contributed by atoms with E-state index in [0.717, 1.165) is 49.1 Å². The monoisotopic (exact) mass is 344 g/mol. The topological polar surface area (TPSA) is 68.5 Å². The zero-order valence-corrected chi connectivity index (χ0v) is 14.5. The van der Waals surface area contributed by atoms with Gasteiger partial charge in [-0.05, 0) is 37.9 Å². The first-order valence-corrected chi connectivity index (χ1v) is 8.95. The Hall–Kier alpha value is -2.12. The summed E-state index contributed by atoms with van der Waals surface area (Å²) >= 11 is 0. The number of piperidine rings is 1. The molecule has 1 aromatic carbocycles. The van der Waals surface area contributed by atoms with Crippen LogP contribution >= 0.6 is 0 Å². The fourth-order valence-corrected chi connectivity index (χ4v) is 4.25. The molecule has 0 saturated carbocycles. The predicted molar refractivity (Wildman–Crippen MR) is 95.1 cm³/mol. The van der Waals surface area contributed by atoms with Gasteiger partial charge in [0.25, 0.3) is 0 Å². The Morgan fingerprint density at radius 3 is 2.48 bits per heavy atom. The molecular weight excluding hydrogens is 320 g/mol. The molecule has 1 atom stereocenters. The Kier molecular flexibility index (Phi) is 4.35. The van der Waals surface area contributed by atoms with E-state index in [9.17, 15) is 9.59 Å². The van der Waals surface area contributed by atoms with Gasteiger partial charge in [-0.15, -0.1) is 0 Å². The second kappa shape index (κ2) is 6.65. The number of fused-ring (bicyclic) bond motifs is 1. The van der Waals surface area contributed by atoms with Crippen LogP contribution in [0.3, 0.4) is 0 Å². The van der Waals surface area contributed by atoms with Crippen LogP contribution in [0.4, 0.5) is 4.79 Å². The predicted octanol–water partition coefficient (Wildman–Crippen LogP) is 1.42. The van der Waals surface area contributed by atoms with Crippen LogP contribution in [0.15, 0.2) is 29.1 Å². The molecule has 2 fully saturated rings. The first-order valence-electron chi connectivity index (χ1n) is 8.95. The van der Waals surface area contributed by atoms with Crippen LogP contribution in [0.2, 0.25) is 0 Å². The molecule has 4 rings (SSSR count). The maximum Gasteiger partial charge on any atom is 0.422 e. The van der Waals surface area contributed by atoms with Gasteiger partial charge >= 0.3 is 11.8 Å². The van der Waals surface area contributed by atoms with Gasteiger partial charge in [0, 0.05) is 31.7 Å². The molecule has 7 heteroatoms. The van der Waals surface area contributed by atoms with Crippen LogP contribution in [-0.2, 0) is 4.74 Å². The normalized spacial score (nSPS) is 22.5. The molecule has 3 heterocycles. The minimum Gasteiger partial charge on any atom is -0.452 e. The minimum absolute atomic E-state index is 0.119. The molecule has 1 unspecified atom stereocenters. The number of methoxy groups -OCH3 is 1. The van der Waals surface area contributed by atoms with E-state index in [2.05, 4.69) is 10.2 Å². The largest absolute Gasteiger partial charge is 0.452 e. The van der Waals surface area contributed by atoms with Crippen molar-refractivity contribution in [1.82, 2.24) is 19.4 Å². The van der Waals surface area contributed by atoms with E-state index < -0.39 is 6.09 Å². The third kappa shape index (κ3) is 2.77. The number of ether oxygens (including phenoxy) is 1. The fraction of sp³-hybridized carbons (Fsp3) is 0.556. The summed E-state index contributed by atoms with van der Waals surface area (Å²) in [6, 6.07) is 8.18. The zero-order valence-electron chi connectivity index (χ0n) is 14.5. The average molecular weight is 344 g/mol. The van der Waals surface area contributed by atoms with E-state index >= 15 is 0 Å². The molecule has 0 spiro atoms. The highest BCUT2D eigenvalue weighted by molar-refractivity contribution is 5.86. The first-order chi connectivity index (χ1) is 12.2. The van der Waals surface area contributed by atoms with E-state index in [4.69, 9.17) is 4.74 Å². The molecule has 134 valence electrons. The Labute approximate surface area is 146 Å². The van der Waals surface area contributed by atoms with Gasteiger partial charge in [-0.1, -0.05) is 12.1 Å². The van der Waals surface area contributed by atoms with Crippen molar-refractivity contribution < 1.29 is 9.53 Å². The minimum atomic E-state index is -0.630. The lowest BCUT2D eigenvalue weighted by Crippen LogP contribution is -2.44. The lowest BCUT2D eigenvalue weighted by molar-refractivity contribution is 0.142. The highest BCUT2D eigenvalue weighted by atomic mass is 16.5. The van der Waals surface area contributed by atoms with Crippen molar-refractivity contribution in [3.63, 3.8) is 0 Å². The van der Waals surface area contributed by atoms with E-state index in [-0.39, 0.29) is 11.7 Å². The fourth-order valence-electron chi connectivity index (χ4n) is 4.25. The standard InChI is InChI=1S/C18H24N4O3/c1-25-18(24)22-16-5-3-2-4-15(16)21(17(22)23)13-7-10-20(11-8-13)14-6-9-19-12-14/h2-5,13-14,19H,6-12H2,1H3. The molecule has 0 amide bonds. The number of benzene rings is 1. The Morgan fingerprint density at radius 1 is 1.12 bits per heavy atom. The molecule has 2 aliphatic rings. The second-order valence-electron chi connectivity index (χ2n) is 6.86. The van der Waals surface area contributed by atoms with Crippen molar-refractivity contribution in [2.24, 2.45) is 0 Å². The molecule has 0 aliphatic carbocycles. The zero-order chi connectivity index (χ0) is 17.4. The SMILES string of the molecule is COC(=O)n1c(=O)n(C2CCN(C3CCNC3)CC2)c2ccccc21. The van der Waals surface area contributed by atoms with Gasteiger partial charge in [-0.3, -0.25) is 9.47 Å². The van der Waals surface area contributed by atoms with Gasteiger partial charge in [-0.25, -0.2) is 9.59 Å². The van der Waals surface area contributed by atoms with Crippen molar-refractivity contribution in [3.05, 3.63) is 34.7 Å². The number of para-hydroxylation sites is 2. The number of nitrogens with one attached hydrogen (secondary N) is 1. The van der Waals surface area contributed by atoms with E-state index in [0.29, 0.717) is 11.6 Å². The summed E-state index contributed by atoms with van der Waals surface area (Å²) in [6.07, 6.45) is 2.41. The number of carbonyl (C=O) groups excluding carboxylic acids is 1. The van der Waals surface area contributed by atoms with Crippen LogP contribution < -0.4 is 11.0 Å². The van der Waals surface area contributed by atoms with Crippen molar-refractivity contribution in [3.8, 4) is 0 Å². The number of hydrogen-bond donors (Lipinski definition) is 1. The highest BCUT2D eigenvalue weighted by Crippen LogP contribution is 2.27. The summed E-state index contributed by atoms with van der Waals surface area (Å²) in [5, 5.41) is 3.42. The van der Waals surface area contributed by atoms with E-state index in [1.54, 1.807) is 10.6 Å². The maximum absolute atomic E-state index is 12.9. The van der Waals surface area contributed by atoms with Crippen LogP contribution in [0, 0.1) is 0 Å². The molecule has 7 nitrogen and oxygen atoms in total. The number of hydrogen-bond acceptors (Lipinski definition) is 5. The third-order valence-electron chi connectivity index (χ3n) is 5.55. The molecule has 2 saturated heterocycles.